The fraction of sp³-hybridized carbons (Fsp3) is 0.294. The molecule has 1 aromatic carbocycles. The summed E-state index contributed by atoms with van der Waals surface area (Å²) in [6, 6.07) is 7.61. The number of carbonyl (C=O) groups is 2. The van der Waals surface area contributed by atoms with Gasteiger partial charge in [0.15, 0.2) is 5.78 Å². The largest absolute Gasteiger partial charge is 0.478 e. The van der Waals surface area contributed by atoms with Crippen LogP contribution in [0.2, 0.25) is 0 Å². The molecule has 0 aliphatic heterocycles. The van der Waals surface area contributed by atoms with Gasteiger partial charge in [0.1, 0.15) is 0 Å². The average molecular weight is 268 g/mol. The molecule has 0 amide bonds. The van der Waals surface area contributed by atoms with Crippen LogP contribution >= 0.6 is 0 Å². The normalized spacial score (nSPS) is 24.9. The number of carboxylic acids is 1. The van der Waals surface area contributed by atoms with Crippen molar-refractivity contribution in [2.24, 2.45) is 11.8 Å². The van der Waals surface area contributed by atoms with Crippen LogP contribution in [-0.2, 0) is 11.2 Å². The first-order valence-corrected chi connectivity index (χ1v) is 6.77. The van der Waals surface area contributed by atoms with E-state index in [1.165, 1.54) is 0 Å². The Hall–Kier alpha value is -2.16. The Morgan fingerprint density at radius 1 is 1.30 bits per heavy atom. The second-order valence-corrected chi connectivity index (χ2v) is 5.59. The summed E-state index contributed by atoms with van der Waals surface area (Å²) >= 11 is 0. The molecular formula is C17H16O3. The zero-order chi connectivity index (χ0) is 14.4. The van der Waals surface area contributed by atoms with Crippen molar-refractivity contribution in [3.05, 3.63) is 58.2 Å². The van der Waals surface area contributed by atoms with Gasteiger partial charge in [-0.3, -0.25) is 4.79 Å². The maximum absolute atomic E-state index is 12.7. The van der Waals surface area contributed by atoms with E-state index in [2.05, 4.69) is 0 Å². The van der Waals surface area contributed by atoms with E-state index in [-0.39, 0.29) is 17.6 Å². The molecule has 0 aromatic heterocycles. The minimum absolute atomic E-state index is 0.0526. The van der Waals surface area contributed by atoms with Crippen LogP contribution in [0.3, 0.4) is 0 Å². The lowest BCUT2D eigenvalue weighted by atomic mass is 9.67. The van der Waals surface area contributed by atoms with Crippen LogP contribution in [-0.4, -0.2) is 16.9 Å². The van der Waals surface area contributed by atoms with Crippen molar-refractivity contribution >= 4 is 11.8 Å². The summed E-state index contributed by atoms with van der Waals surface area (Å²) in [5.74, 6) is -1.46. The first kappa shape index (κ1) is 12.9. The second kappa shape index (κ2) is 4.44. The van der Waals surface area contributed by atoms with E-state index >= 15 is 0 Å². The topological polar surface area (TPSA) is 54.4 Å². The van der Waals surface area contributed by atoms with Gasteiger partial charge in [-0.05, 0) is 24.5 Å². The first-order chi connectivity index (χ1) is 9.50. The van der Waals surface area contributed by atoms with Crippen molar-refractivity contribution < 1.29 is 14.7 Å². The number of benzene rings is 1. The van der Waals surface area contributed by atoms with E-state index in [0.717, 1.165) is 28.7 Å². The second-order valence-electron chi connectivity index (χ2n) is 5.59. The summed E-state index contributed by atoms with van der Waals surface area (Å²) in [5.41, 5.74) is 3.96. The monoisotopic (exact) mass is 268 g/mol. The van der Waals surface area contributed by atoms with Crippen molar-refractivity contribution in [3.63, 3.8) is 0 Å². The molecule has 0 heterocycles. The van der Waals surface area contributed by atoms with Gasteiger partial charge >= 0.3 is 5.97 Å². The van der Waals surface area contributed by atoms with Crippen LogP contribution in [0.15, 0.2) is 47.1 Å². The lowest BCUT2D eigenvalue weighted by molar-refractivity contribution is -0.133. The quantitative estimate of drug-likeness (QED) is 0.851. The van der Waals surface area contributed by atoms with Crippen LogP contribution in [0, 0.1) is 11.8 Å². The van der Waals surface area contributed by atoms with Crippen LogP contribution in [0.4, 0.5) is 0 Å². The third-order valence-corrected chi connectivity index (χ3v) is 4.37. The molecule has 20 heavy (non-hydrogen) atoms. The molecule has 1 aromatic rings. The molecule has 2 atom stereocenters. The van der Waals surface area contributed by atoms with Gasteiger partial charge in [-0.1, -0.05) is 42.8 Å². The fourth-order valence-corrected chi connectivity index (χ4v) is 3.51. The SMILES string of the molecule is CC1=C(C(=O)O)C(C)C2C(=O)c3ccccc3CC2=C1. The minimum atomic E-state index is -0.919. The maximum Gasteiger partial charge on any atom is 0.332 e. The highest BCUT2D eigenvalue weighted by Crippen LogP contribution is 2.41. The van der Waals surface area contributed by atoms with Crippen LogP contribution in [0.5, 0.6) is 0 Å². The summed E-state index contributed by atoms with van der Waals surface area (Å²) in [6.07, 6.45) is 2.63. The van der Waals surface area contributed by atoms with E-state index in [0.29, 0.717) is 5.57 Å². The molecule has 2 aliphatic rings. The highest BCUT2D eigenvalue weighted by atomic mass is 16.4. The average Bonchev–Trinajstić information content (AvgIpc) is 2.37. The van der Waals surface area contributed by atoms with Crippen molar-refractivity contribution in [1.82, 2.24) is 0 Å². The zero-order valence-corrected chi connectivity index (χ0v) is 11.5. The lowest BCUT2D eigenvalue weighted by Gasteiger charge is -2.34. The Morgan fingerprint density at radius 2 is 2.00 bits per heavy atom. The molecule has 0 saturated heterocycles. The summed E-state index contributed by atoms with van der Waals surface area (Å²) in [4.78, 5) is 24.1. The van der Waals surface area contributed by atoms with Gasteiger partial charge in [-0.2, -0.15) is 0 Å². The maximum atomic E-state index is 12.7. The van der Waals surface area contributed by atoms with Crippen LogP contribution < -0.4 is 0 Å². The predicted molar refractivity (Wildman–Crippen MR) is 75.5 cm³/mol. The molecule has 0 saturated carbocycles. The number of rotatable bonds is 1. The smallest absolute Gasteiger partial charge is 0.332 e. The van der Waals surface area contributed by atoms with Crippen molar-refractivity contribution in [1.29, 1.82) is 0 Å². The van der Waals surface area contributed by atoms with Gasteiger partial charge in [0.2, 0.25) is 0 Å². The molecule has 0 fully saturated rings. The van der Waals surface area contributed by atoms with E-state index in [4.69, 9.17) is 0 Å². The summed E-state index contributed by atoms with van der Waals surface area (Å²) < 4.78 is 0. The van der Waals surface area contributed by atoms with E-state index in [9.17, 15) is 14.7 Å². The Morgan fingerprint density at radius 3 is 2.70 bits per heavy atom. The highest BCUT2D eigenvalue weighted by Gasteiger charge is 2.40. The molecule has 1 N–H and O–H groups in total. The summed E-state index contributed by atoms with van der Waals surface area (Å²) in [7, 11) is 0. The molecule has 2 unspecified atom stereocenters. The number of aliphatic carboxylic acids is 1. The minimum Gasteiger partial charge on any atom is -0.478 e. The summed E-state index contributed by atoms with van der Waals surface area (Å²) in [6.45, 7) is 3.66. The Bertz CT molecular complexity index is 679. The Balaban J connectivity index is 2.15. The number of carboxylic acid groups (broad SMARTS) is 1. The van der Waals surface area contributed by atoms with Gasteiger partial charge in [0.05, 0.1) is 5.92 Å². The van der Waals surface area contributed by atoms with Gasteiger partial charge in [0.25, 0.3) is 0 Å². The van der Waals surface area contributed by atoms with Gasteiger partial charge in [-0.25, -0.2) is 4.79 Å². The number of ketones is 1. The number of allylic oxidation sites excluding steroid dienone is 3. The third-order valence-electron chi connectivity index (χ3n) is 4.37. The molecule has 0 radical (unpaired) electrons. The predicted octanol–water partition coefficient (Wildman–Crippen LogP) is 3.02. The molecule has 0 spiro atoms. The molecular weight excluding hydrogens is 252 g/mol. The van der Waals surface area contributed by atoms with Crippen molar-refractivity contribution in [3.8, 4) is 0 Å². The molecule has 0 bridgehead atoms. The van der Waals surface area contributed by atoms with Gasteiger partial charge in [0, 0.05) is 17.1 Å². The van der Waals surface area contributed by atoms with Crippen molar-refractivity contribution in [2.75, 3.05) is 0 Å². The van der Waals surface area contributed by atoms with E-state index < -0.39 is 5.97 Å². The lowest BCUT2D eigenvalue weighted by Crippen LogP contribution is -2.35. The number of carbonyl (C=O) groups excluding carboxylic acids is 1. The van der Waals surface area contributed by atoms with E-state index in [1.807, 2.05) is 44.2 Å². The van der Waals surface area contributed by atoms with Gasteiger partial charge in [-0.15, -0.1) is 0 Å². The third kappa shape index (κ3) is 1.73. The first-order valence-electron chi connectivity index (χ1n) is 6.77. The Kier molecular flexibility index (Phi) is 2.85. The molecule has 3 nitrogen and oxygen atoms in total. The number of hydrogen-bond donors (Lipinski definition) is 1. The number of hydrogen-bond acceptors (Lipinski definition) is 2. The van der Waals surface area contributed by atoms with Gasteiger partial charge < -0.3 is 5.11 Å². The zero-order valence-electron chi connectivity index (χ0n) is 11.5. The molecule has 2 aliphatic carbocycles. The number of Topliss-reactive ketones (excluding diaryl/α,β-unsaturated/α-hetero) is 1. The molecule has 3 rings (SSSR count). The Labute approximate surface area is 117 Å². The highest BCUT2D eigenvalue weighted by molar-refractivity contribution is 6.04. The van der Waals surface area contributed by atoms with E-state index in [1.54, 1.807) is 0 Å². The standard InChI is InChI=1S/C17H16O3/c1-9-7-12-8-11-5-3-4-6-13(11)16(18)15(12)10(2)14(9)17(19)20/h3-7,10,15H,8H2,1-2H3,(H,19,20). The van der Waals surface area contributed by atoms with Crippen molar-refractivity contribution in [2.45, 2.75) is 20.3 Å². The van der Waals surface area contributed by atoms with Crippen LogP contribution in [0.1, 0.15) is 29.8 Å². The fourth-order valence-electron chi connectivity index (χ4n) is 3.51. The summed E-state index contributed by atoms with van der Waals surface area (Å²) in [5, 5.41) is 9.35. The van der Waals surface area contributed by atoms with Crippen LogP contribution in [0.25, 0.3) is 0 Å². The molecule has 102 valence electrons. The number of fused-ring (bicyclic) bond motifs is 2. The molecule has 3 heteroatoms.